The van der Waals surface area contributed by atoms with Gasteiger partial charge in [0.25, 0.3) is 0 Å². The number of nitrogens with one attached hydrogen (secondary N) is 1. The van der Waals surface area contributed by atoms with Gasteiger partial charge in [0.1, 0.15) is 6.07 Å². The lowest BCUT2D eigenvalue weighted by atomic mass is 9.98. The van der Waals surface area contributed by atoms with Crippen molar-refractivity contribution < 1.29 is 18.0 Å². The Hall–Kier alpha value is -3.15. The lowest BCUT2D eigenvalue weighted by Gasteiger charge is -2.17. The molecule has 2 heterocycles. The molecule has 0 aliphatic carbocycles. The molecule has 0 radical (unpaired) electrons. The fraction of sp³-hybridized carbons (Fsp3) is 0.400. The third-order valence-electron chi connectivity index (χ3n) is 4.98. The molecule has 1 amide bonds. The summed E-state index contributed by atoms with van der Waals surface area (Å²) in [5, 5.41) is 19.5. The highest BCUT2D eigenvalue weighted by Crippen LogP contribution is 2.34. The molecule has 1 N–H and O–H groups in total. The van der Waals surface area contributed by atoms with Gasteiger partial charge in [0, 0.05) is 19.1 Å². The minimum Gasteiger partial charge on any atom is -0.353 e. The van der Waals surface area contributed by atoms with Gasteiger partial charge in [-0.1, -0.05) is 24.3 Å². The number of rotatable bonds is 5. The molecular formula is C20H20F3N5O. The van der Waals surface area contributed by atoms with Crippen LogP contribution in [-0.2, 0) is 11.2 Å². The Bertz CT molecular complexity index is 890. The predicted molar refractivity (Wildman–Crippen MR) is 100 cm³/mol. The Morgan fingerprint density at radius 2 is 2.00 bits per heavy atom. The maximum atomic E-state index is 12.8. The molecule has 1 aliphatic heterocycles. The summed E-state index contributed by atoms with van der Waals surface area (Å²) in [5.74, 6) is -1.07. The summed E-state index contributed by atoms with van der Waals surface area (Å²) in [4.78, 5) is 14.3. The van der Waals surface area contributed by atoms with E-state index in [2.05, 4.69) is 15.5 Å². The van der Waals surface area contributed by atoms with E-state index in [0.717, 1.165) is 13.3 Å². The molecule has 3 rings (SSSR count). The first kappa shape index (κ1) is 20.6. The number of hydrogen-bond acceptors (Lipinski definition) is 5. The van der Waals surface area contributed by atoms with Gasteiger partial charge in [0.2, 0.25) is 5.91 Å². The number of amides is 1. The monoisotopic (exact) mass is 403 g/mol. The lowest BCUT2D eigenvalue weighted by molar-refractivity contribution is -0.146. The van der Waals surface area contributed by atoms with Gasteiger partial charge >= 0.3 is 6.18 Å². The number of anilines is 1. The van der Waals surface area contributed by atoms with Crippen LogP contribution in [0.1, 0.15) is 36.1 Å². The van der Waals surface area contributed by atoms with Gasteiger partial charge in [-0.15, -0.1) is 10.2 Å². The fourth-order valence-corrected chi connectivity index (χ4v) is 3.22. The molecule has 1 unspecified atom stereocenters. The van der Waals surface area contributed by atoms with Crippen LogP contribution in [-0.4, -0.2) is 41.4 Å². The van der Waals surface area contributed by atoms with Gasteiger partial charge < -0.3 is 10.2 Å². The number of hydrogen-bond donors (Lipinski definition) is 1. The largest absolute Gasteiger partial charge is 0.395 e. The molecule has 1 aromatic carbocycles. The molecule has 152 valence electrons. The standard InChI is InChI=1S/C20H20F3N5O/c1-13(20(21,22)23)15-4-2-14(3-5-15)10-19(29)25-17-8-9-28(12-17)18-7-6-16(11-24)26-27-18/h2-7,13,17H,8-10,12H2,1H3,(H,25,29)/t13?,17-/m1/s1. The second-order valence-electron chi connectivity index (χ2n) is 7.07. The number of carbonyl (C=O) groups is 1. The molecule has 1 fully saturated rings. The molecule has 2 atom stereocenters. The van der Waals surface area contributed by atoms with Gasteiger partial charge in [-0.2, -0.15) is 18.4 Å². The molecule has 29 heavy (non-hydrogen) atoms. The minimum atomic E-state index is -4.29. The van der Waals surface area contributed by atoms with Crippen LogP contribution < -0.4 is 10.2 Å². The van der Waals surface area contributed by atoms with Crippen LogP contribution in [0.4, 0.5) is 19.0 Å². The van der Waals surface area contributed by atoms with E-state index in [-0.39, 0.29) is 29.6 Å². The molecule has 1 aliphatic rings. The van der Waals surface area contributed by atoms with E-state index in [0.29, 0.717) is 24.5 Å². The van der Waals surface area contributed by atoms with E-state index in [1.807, 2.05) is 11.0 Å². The maximum absolute atomic E-state index is 12.8. The molecule has 6 nitrogen and oxygen atoms in total. The summed E-state index contributed by atoms with van der Waals surface area (Å²) in [6.07, 6.45) is -3.43. The lowest BCUT2D eigenvalue weighted by Crippen LogP contribution is -2.38. The Kier molecular flexibility index (Phi) is 6.01. The number of carbonyl (C=O) groups excluding carboxylic acids is 1. The highest BCUT2D eigenvalue weighted by atomic mass is 19.4. The van der Waals surface area contributed by atoms with Crippen molar-refractivity contribution >= 4 is 11.7 Å². The van der Waals surface area contributed by atoms with E-state index < -0.39 is 12.1 Å². The minimum absolute atomic E-state index is 0.0514. The molecule has 2 aromatic rings. The van der Waals surface area contributed by atoms with Crippen molar-refractivity contribution in [1.29, 1.82) is 5.26 Å². The van der Waals surface area contributed by atoms with Crippen LogP contribution in [0.3, 0.4) is 0 Å². The Morgan fingerprint density at radius 3 is 2.59 bits per heavy atom. The zero-order chi connectivity index (χ0) is 21.0. The molecule has 1 aromatic heterocycles. The number of halogens is 3. The van der Waals surface area contributed by atoms with Crippen molar-refractivity contribution in [3.8, 4) is 6.07 Å². The highest BCUT2D eigenvalue weighted by Gasteiger charge is 2.36. The normalized spacial score (nSPS) is 17.6. The Balaban J connectivity index is 1.51. The van der Waals surface area contributed by atoms with Crippen molar-refractivity contribution in [2.75, 3.05) is 18.0 Å². The van der Waals surface area contributed by atoms with E-state index in [1.54, 1.807) is 24.3 Å². The number of nitrogens with zero attached hydrogens (tertiary/aromatic N) is 4. The number of alkyl halides is 3. The quantitative estimate of drug-likeness (QED) is 0.830. The summed E-state index contributed by atoms with van der Waals surface area (Å²) in [7, 11) is 0. The Morgan fingerprint density at radius 1 is 1.28 bits per heavy atom. The first-order valence-electron chi connectivity index (χ1n) is 9.20. The van der Waals surface area contributed by atoms with Crippen LogP contribution >= 0.6 is 0 Å². The number of aromatic nitrogens is 2. The highest BCUT2D eigenvalue weighted by molar-refractivity contribution is 5.79. The van der Waals surface area contributed by atoms with Gasteiger partial charge in [-0.25, -0.2) is 0 Å². The average molecular weight is 403 g/mol. The molecule has 1 saturated heterocycles. The predicted octanol–water partition coefficient (Wildman–Crippen LogP) is 2.95. The average Bonchev–Trinajstić information content (AvgIpc) is 3.15. The Labute approximate surface area is 166 Å². The zero-order valence-electron chi connectivity index (χ0n) is 15.8. The van der Waals surface area contributed by atoms with Crippen LogP contribution in [0, 0.1) is 11.3 Å². The van der Waals surface area contributed by atoms with Crippen molar-refractivity contribution in [2.45, 2.75) is 37.9 Å². The number of benzene rings is 1. The van der Waals surface area contributed by atoms with Crippen LogP contribution in [0.25, 0.3) is 0 Å². The van der Waals surface area contributed by atoms with E-state index >= 15 is 0 Å². The SMILES string of the molecule is CC(c1ccc(CC(=O)N[C@@H]2CCN(c3ccc(C#N)nn3)C2)cc1)C(F)(F)F. The van der Waals surface area contributed by atoms with Crippen LogP contribution in [0.2, 0.25) is 0 Å². The van der Waals surface area contributed by atoms with Gasteiger partial charge in [0.15, 0.2) is 11.5 Å². The molecule has 0 spiro atoms. The molecule has 9 heteroatoms. The van der Waals surface area contributed by atoms with Gasteiger partial charge in [-0.05, 0) is 36.6 Å². The van der Waals surface area contributed by atoms with Crippen molar-refractivity contribution in [3.05, 3.63) is 53.2 Å². The number of nitriles is 1. The molecule has 0 bridgehead atoms. The van der Waals surface area contributed by atoms with Gasteiger partial charge in [-0.3, -0.25) is 4.79 Å². The van der Waals surface area contributed by atoms with Crippen molar-refractivity contribution in [2.24, 2.45) is 0 Å². The third kappa shape index (κ3) is 5.22. The van der Waals surface area contributed by atoms with E-state index in [9.17, 15) is 18.0 Å². The molecular weight excluding hydrogens is 383 g/mol. The van der Waals surface area contributed by atoms with E-state index in [1.165, 1.54) is 12.1 Å². The smallest absolute Gasteiger partial charge is 0.353 e. The first-order valence-corrected chi connectivity index (χ1v) is 9.20. The summed E-state index contributed by atoms with van der Waals surface area (Å²) < 4.78 is 38.3. The van der Waals surface area contributed by atoms with Crippen molar-refractivity contribution in [3.63, 3.8) is 0 Å². The fourth-order valence-electron chi connectivity index (χ4n) is 3.22. The van der Waals surface area contributed by atoms with Crippen LogP contribution in [0.5, 0.6) is 0 Å². The molecule has 0 saturated carbocycles. The third-order valence-corrected chi connectivity index (χ3v) is 4.98. The summed E-state index contributed by atoms with van der Waals surface area (Å²) >= 11 is 0. The first-order chi connectivity index (χ1) is 13.8. The summed E-state index contributed by atoms with van der Waals surface area (Å²) in [6.45, 7) is 2.40. The zero-order valence-corrected chi connectivity index (χ0v) is 15.8. The second-order valence-corrected chi connectivity index (χ2v) is 7.07. The maximum Gasteiger partial charge on any atom is 0.395 e. The summed E-state index contributed by atoms with van der Waals surface area (Å²) in [6, 6.07) is 11.1. The van der Waals surface area contributed by atoms with Crippen LogP contribution in [0.15, 0.2) is 36.4 Å². The van der Waals surface area contributed by atoms with Crippen molar-refractivity contribution in [1.82, 2.24) is 15.5 Å². The second kappa shape index (κ2) is 8.47. The summed E-state index contributed by atoms with van der Waals surface area (Å²) in [5.41, 5.74) is 1.08. The topological polar surface area (TPSA) is 81.9 Å². The van der Waals surface area contributed by atoms with Gasteiger partial charge in [0.05, 0.1) is 12.3 Å². The van der Waals surface area contributed by atoms with E-state index in [4.69, 9.17) is 5.26 Å².